The minimum absolute atomic E-state index is 0.323. The lowest BCUT2D eigenvalue weighted by atomic mass is 10.1. The van der Waals surface area contributed by atoms with Crippen LogP contribution in [0.2, 0.25) is 0 Å². The highest BCUT2D eigenvalue weighted by atomic mass is 32.1. The van der Waals surface area contributed by atoms with Crippen molar-refractivity contribution in [1.29, 1.82) is 0 Å². The lowest BCUT2D eigenvalue weighted by Crippen LogP contribution is -2.18. The number of carbonyl (C=O) groups excluding carboxylic acids is 1. The maximum absolute atomic E-state index is 11.2. The first kappa shape index (κ1) is 12.3. The van der Waals surface area contributed by atoms with Crippen LogP contribution >= 0.6 is 11.3 Å². The number of hydrogen-bond acceptors (Lipinski definition) is 6. The van der Waals surface area contributed by atoms with Crippen LogP contribution in [0.1, 0.15) is 16.1 Å². The highest BCUT2D eigenvalue weighted by molar-refractivity contribution is 7.17. The van der Waals surface area contributed by atoms with Gasteiger partial charge in [-0.3, -0.25) is 0 Å². The molecule has 2 rings (SSSR count). The number of aromatic nitrogens is 1. The van der Waals surface area contributed by atoms with Gasteiger partial charge in [-0.1, -0.05) is 11.3 Å². The van der Waals surface area contributed by atoms with Crippen LogP contribution in [0.4, 0.5) is 5.13 Å². The number of nitrogens with one attached hydrogen (secondary N) is 1. The Hall–Kier alpha value is -1.14. The van der Waals surface area contributed by atoms with Gasteiger partial charge in [0.15, 0.2) is 5.13 Å². The first-order valence-electron chi connectivity index (χ1n) is 5.65. The number of ether oxygens (including phenoxy) is 1. The van der Waals surface area contributed by atoms with Gasteiger partial charge in [0.25, 0.3) is 0 Å². The van der Waals surface area contributed by atoms with Crippen molar-refractivity contribution < 1.29 is 9.53 Å². The van der Waals surface area contributed by atoms with Gasteiger partial charge in [-0.2, -0.15) is 0 Å². The zero-order valence-corrected chi connectivity index (χ0v) is 10.9. The van der Waals surface area contributed by atoms with E-state index >= 15 is 0 Å². The molecule has 2 heterocycles. The van der Waals surface area contributed by atoms with Crippen LogP contribution < -0.4 is 5.32 Å². The highest BCUT2D eigenvalue weighted by Crippen LogP contribution is 2.20. The summed E-state index contributed by atoms with van der Waals surface area (Å²) in [5, 5.41) is 4.07. The number of hydrogen-bond donors (Lipinski definition) is 1. The van der Waals surface area contributed by atoms with Crippen molar-refractivity contribution >= 4 is 22.4 Å². The van der Waals surface area contributed by atoms with E-state index in [-0.39, 0.29) is 5.97 Å². The number of likely N-dealkylation sites (tertiary alicyclic amines) is 1. The van der Waals surface area contributed by atoms with Crippen LogP contribution in [0, 0.1) is 5.92 Å². The molecule has 1 aliphatic rings. The maximum atomic E-state index is 11.2. The Morgan fingerprint density at radius 1 is 1.76 bits per heavy atom. The Morgan fingerprint density at radius 2 is 2.59 bits per heavy atom. The van der Waals surface area contributed by atoms with E-state index in [4.69, 9.17) is 0 Å². The molecule has 0 bridgehead atoms. The molecule has 0 spiro atoms. The van der Waals surface area contributed by atoms with E-state index in [9.17, 15) is 4.79 Å². The summed E-state index contributed by atoms with van der Waals surface area (Å²) in [7, 11) is 3.52. The number of esters is 1. The third-order valence-electron chi connectivity index (χ3n) is 2.92. The molecular weight excluding hydrogens is 238 g/mol. The molecule has 1 fully saturated rings. The second kappa shape index (κ2) is 5.46. The van der Waals surface area contributed by atoms with E-state index in [1.165, 1.54) is 24.9 Å². The molecule has 0 amide bonds. The Bertz CT molecular complexity index is 394. The van der Waals surface area contributed by atoms with Gasteiger partial charge in [0.1, 0.15) is 4.88 Å². The van der Waals surface area contributed by atoms with Gasteiger partial charge in [0.2, 0.25) is 0 Å². The summed E-state index contributed by atoms with van der Waals surface area (Å²) in [5.41, 5.74) is 0. The van der Waals surface area contributed by atoms with Gasteiger partial charge in [0.05, 0.1) is 13.3 Å². The van der Waals surface area contributed by atoms with E-state index in [1.807, 2.05) is 0 Å². The summed E-state index contributed by atoms with van der Waals surface area (Å²) in [6.45, 7) is 3.21. The first-order valence-corrected chi connectivity index (χ1v) is 6.47. The molecule has 94 valence electrons. The highest BCUT2D eigenvalue weighted by Gasteiger charge is 2.19. The minimum atomic E-state index is -0.323. The molecule has 1 unspecified atom stereocenters. The summed E-state index contributed by atoms with van der Waals surface area (Å²) in [5.74, 6) is 0.349. The van der Waals surface area contributed by atoms with E-state index in [2.05, 4.69) is 27.0 Å². The standard InChI is InChI=1S/C11H17N3O2S/c1-14-4-3-8(7-14)5-12-11-13-6-9(17-11)10(15)16-2/h6,8H,3-5,7H2,1-2H3,(H,12,13). The molecule has 0 aliphatic carbocycles. The van der Waals surface area contributed by atoms with Gasteiger partial charge in [0, 0.05) is 13.1 Å². The largest absolute Gasteiger partial charge is 0.465 e. The Balaban J connectivity index is 1.83. The van der Waals surface area contributed by atoms with E-state index in [0.29, 0.717) is 10.8 Å². The van der Waals surface area contributed by atoms with Gasteiger partial charge < -0.3 is 15.0 Å². The third-order valence-corrected chi connectivity index (χ3v) is 3.86. The number of thiazole rings is 1. The Labute approximate surface area is 105 Å². The Morgan fingerprint density at radius 3 is 3.24 bits per heavy atom. The fourth-order valence-electron chi connectivity index (χ4n) is 1.98. The van der Waals surface area contributed by atoms with Crippen LogP contribution in [-0.4, -0.2) is 49.6 Å². The lowest BCUT2D eigenvalue weighted by molar-refractivity contribution is 0.0606. The van der Waals surface area contributed by atoms with Crippen LogP contribution in [0.3, 0.4) is 0 Å². The molecule has 0 aromatic carbocycles. The van der Waals surface area contributed by atoms with Crippen molar-refractivity contribution in [3.8, 4) is 0 Å². The topological polar surface area (TPSA) is 54.5 Å². The zero-order chi connectivity index (χ0) is 12.3. The molecule has 1 aliphatic heterocycles. The zero-order valence-electron chi connectivity index (χ0n) is 10.1. The van der Waals surface area contributed by atoms with Crippen LogP contribution in [-0.2, 0) is 4.74 Å². The summed E-state index contributed by atoms with van der Waals surface area (Å²) in [6.07, 6.45) is 2.78. The SMILES string of the molecule is COC(=O)c1cnc(NCC2CCN(C)C2)s1. The molecular formula is C11H17N3O2S. The summed E-state index contributed by atoms with van der Waals surface area (Å²) in [6, 6.07) is 0. The average Bonchev–Trinajstić information content (AvgIpc) is 2.94. The van der Waals surface area contributed by atoms with Crippen LogP contribution in [0.25, 0.3) is 0 Å². The fourth-order valence-corrected chi connectivity index (χ4v) is 2.72. The number of nitrogens with zero attached hydrogens (tertiary/aromatic N) is 2. The lowest BCUT2D eigenvalue weighted by Gasteiger charge is -2.10. The second-order valence-corrected chi connectivity index (χ2v) is 5.35. The molecule has 5 nitrogen and oxygen atoms in total. The van der Waals surface area contributed by atoms with Gasteiger partial charge in [-0.05, 0) is 25.9 Å². The summed E-state index contributed by atoms with van der Waals surface area (Å²) >= 11 is 1.34. The first-order chi connectivity index (χ1) is 8.19. The molecule has 1 aromatic heterocycles. The molecule has 1 atom stereocenters. The molecule has 1 aromatic rings. The second-order valence-electron chi connectivity index (χ2n) is 4.32. The molecule has 17 heavy (non-hydrogen) atoms. The van der Waals surface area contributed by atoms with Crippen molar-refractivity contribution in [2.45, 2.75) is 6.42 Å². The summed E-state index contributed by atoms with van der Waals surface area (Å²) in [4.78, 5) is 18.3. The Kier molecular flexibility index (Phi) is 3.96. The summed E-state index contributed by atoms with van der Waals surface area (Å²) < 4.78 is 4.64. The predicted molar refractivity (Wildman–Crippen MR) is 67.5 cm³/mol. The van der Waals surface area contributed by atoms with Gasteiger partial charge in [-0.15, -0.1) is 0 Å². The predicted octanol–water partition coefficient (Wildman–Crippen LogP) is 1.29. The number of rotatable bonds is 4. The number of methoxy groups -OCH3 is 1. The fraction of sp³-hybridized carbons (Fsp3) is 0.636. The smallest absolute Gasteiger partial charge is 0.349 e. The van der Waals surface area contributed by atoms with Crippen LogP contribution in [0.15, 0.2) is 6.20 Å². The molecule has 1 N–H and O–H groups in total. The monoisotopic (exact) mass is 255 g/mol. The quantitative estimate of drug-likeness (QED) is 0.822. The van der Waals surface area contributed by atoms with E-state index in [0.717, 1.165) is 24.8 Å². The normalized spacial score (nSPS) is 20.5. The van der Waals surface area contributed by atoms with Crippen molar-refractivity contribution in [3.05, 3.63) is 11.1 Å². The van der Waals surface area contributed by atoms with Gasteiger partial charge >= 0.3 is 5.97 Å². The molecule has 1 saturated heterocycles. The number of carbonyl (C=O) groups is 1. The van der Waals surface area contributed by atoms with E-state index < -0.39 is 0 Å². The maximum Gasteiger partial charge on any atom is 0.349 e. The minimum Gasteiger partial charge on any atom is -0.465 e. The van der Waals surface area contributed by atoms with Crippen molar-refractivity contribution in [2.75, 3.05) is 39.1 Å². The van der Waals surface area contributed by atoms with Crippen molar-refractivity contribution in [3.63, 3.8) is 0 Å². The number of anilines is 1. The molecule has 0 radical (unpaired) electrons. The van der Waals surface area contributed by atoms with E-state index in [1.54, 1.807) is 6.20 Å². The van der Waals surface area contributed by atoms with Gasteiger partial charge in [-0.25, -0.2) is 9.78 Å². The average molecular weight is 255 g/mol. The molecule has 0 saturated carbocycles. The van der Waals surface area contributed by atoms with Crippen molar-refractivity contribution in [2.24, 2.45) is 5.92 Å². The van der Waals surface area contributed by atoms with Crippen LogP contribution in [0.5, 0.6) is 0 Å². The molecule has 6 heteroatoms. The van der Waals surface area contributed by atoms with Crippen molar-refractivity contribution in [1.82, 2.24) is 9.88 Å². The third kappa shape index (κ3) is 3.17.